The second kappa shape index (κ2) is 5.83. The van der Waals surface area contributed by atoms with Crippen LogP contribution >= 0.6 is 11.3 Å². The van der Waals surface area contributed by atoms with Gasteiger partial charge in [0.1, 0.15) is 5.00 Å². The van der Waals surface area contributed by atoms with Crippen LogP contribution in [0.15, 0.2) is 24.5 Å². The van der Waals surface area contributed by atoms with Crippen LogP contribution in [-0.2, 0) is 6.42 Å². The lowest BCUT2D eigenvalue weighted by molar-refractivity contribution is 0.100. The minimum atomic E-state index is -0.517. The molecule has 2 heterocycles. The summed E-state index contributed by atoms with van der Waals surface area (Å²) in [6.07, 6.45) is 3.79. The third-order valence-electron chi connectivity index (χ3n) is 2.98. The zero-order valence-corrected chi connectivity index (χ0v) is 12.1. The zero-order valence-electron chi connectivity index (χ0n) is 11.3. The van der Waals surface area contributed by atoms with Crippen LogP contribution < -0.4 is 11.1 Å². The Kier molecular flexibility index (Phi) is 4.14. The van der Waals surface area contributed by atoms with E-state index >= 15 is 0 Å². The molecular weight excluding hydrogens is 274 g/mol. The van der Waals surface area contributed by atoms with Gasteiger partial charge < -0.3 is 11.1 Å². The molecule has 104 valence electrons. The molecule has 0 unspecified atom stereocenters. The van der Waals surface area contributed by atoms with E-state index in [0.717, 1.165) is 10.4 Å². The third-order valence-corrected chi connectivity index (χ3v) is 4.04. The fraction of sp³-hybridized carbons (Fsp3) is 0.214. The molecule has 0 aliphatic heterocycles. The van der Waals surface area contributed by atoms with E-state index in [1.54, 1.807) is 24.5 Å². The lowest BCUT2D eigenvalue weighted by Crippen LogP contribution is -2.17. The normalized spacial score (nSPS) is 10.3. The first-order chi connectivity index (χ1) is 9.54. The van der Waals surface area contributed by atoms with E-state index < -0.39 is 5.91 Å². The van der Waals surface area contributed by atoms with E-state index in [4.69, 9.17) is 5.73 Å². The highest BCUT2D eigenvalue weighted by Crippen LogP contribution is 2.33. The Balaban J connectivity index is 2.35. The van der Waals surface area contributed by atoms with E-state index in [9.17, 15) is 9.59 Å². The van der Waals surface area contributed by atoms with E-state index in [1.807, 2.05) is 13.8 Å². The van der Waals surface area contributed by atoms with E-state index in [2.05, 4.69) is 10.3 Å². The van der Waals surface area contributed by atoms with Gasteiger partial charge >= 0.3 is 0 Å². The number of pyridine rings is 1. The monoisotopic (exact) mass is 289 g/mol. The maximum absolute atomic E-state index is 12.1. The molecule has 20 heavy (non-hydrogen) atoms. The predicted octanol–water partition coefficient (Wildman–Crippen LogP) is 2.37. The highest BCUT2D eigenvalue weighted by Gasteiger charge is 2.20. The average molecular weight is 289 g/mol. The number of hydrogen-bond acceptors (Lipinski definition) is 4. The minimum absolute atomic E-state index is 0.279. The summed E-state index contributed by atoms with van der Waals surface area (Å²) in [6, 6.07) is 3.22. The van der Waals surface area contributed by atoms with Crippen LogP contribution in [-0.4, -0.2) is 16.8 Å². The van der Waals surface area contributed by atoms with Crippen LogP contribution in [0.4, 0.5) is 5.00 Å². The molecule has 2 amide bonds. The second-order valence-corrected chi connectivity index (χ2v) is 5.47. The maximum Gasteiger partial charge on any atom is 0.256 e. The molecule has 5 nitrogen and oxygen atoms in total. The summed E-state index contributed by atoms with van der Waals surface area (Å²) in [5.74, 6) is -0.796. The van der Waals surface area contributed by atoms with Crippen molar-refractivity contribution in [3.05, 3.63) is 46.1 Å². The number of thiophene rings is 1. The Morgan fingerprint density at radius 1 is 1.35 bits per heavy atom. The Bertz CT molecular complexity index is 650. The summed E-state index contributed by atoms with van der Waals surface area (Å²) in [7, 11) is 0. The number of nitrogens with zero attached hydrogens (tertiary/aromatic N) is 1. The van der Waals surface area contributed by atoms with Crippen LogP contribution in [0.25, 0.3) is 0 Å². The van der Waals surface area contributed by atoms with Gasteiger partial charge in [0.2, 0.25) is 0 Å². The molecule has 0 aliphatic carbocycles. The summed E-state index contributed by atoms with van der Waals surface area (Å²) >= 11 is 1.37. The van der Waals surface area contributed by atoms with Gasteiger partial charge in [0.05, 0.1) is 5.56 Å². The molecule has 6 heteroatoms. The lowest BCUT2D eigenvalue weighted by atomic mass is 10.1. The molecule has 0 fully saturated rings. The van der Waals surface area contributed by atoms with Crippen LogP contribution in [0.2, 0.25) is 0 Å². The van der Waals surface area contributed by atoms with Gasteiger partial charge in [-0.1, -0.05) is 6.92 Å². The van der Waals surface area contributed by atoms with Crippen molar-refractivity contribution >= 4 is 28.2 Å². The van der Waals surface area contributed by atoms with Gasteiger partial charge in [-0.2, -0.15) is 0 Å². The average Bonchev–Trinajstić information content (AvgIpc) is 2.75. The zero-order chi connectivity index (χ0) is 14.7. The van der Waals surface area contributed by atoms with Crippen molar-refractivity contribution in [3.8, 4) is 0 Å². The topological polar surface area (TPSA) is 85.1 Å². The Labute approximate surface area is 120 Å². The molecule has 0 bridgehead atoms. The summed E-state index contributed by atoms with van der Waals surface area (Å²) in [5, 5.41) is 3.26. The summed E-state index contributed by atoms with van der Waals surface area (Å²) in [5.41, 5.74) is 7.22. The smallest absolute Gasteiger partial charge is 0.256 e. The summed E-state index contributed by atoms with van der Waals surface area (Å²) < 4.78 is 0. The fourth-order valence-corrected chi connectivity index (χ4v) is 3.18. The molecule has 0 spiro atoms. The maximum atomic E-state index is 12.1. The summed E-state index contributed by atoms with van der Waals surface area (Å²) in [6.45, 7) is 3.87. The molecule has 2 aromatic heterocycles. The van der Waals surface area contributed by atoms with Gasteiger partial charge in [0.15, 0.2) is 0 Å². The van der Waals surface area contributed by atoms with Crippen molar-refractivity contribution in [3.63, 3.8) is 0 Å². The molecule has 0 aliphatic rings. The van der Waals surface area contributed by atoms with Gasteiger partial charge in [-0.25, -0.2) is 0 Å². The number of primary amides is 1. The first-order valence-corrected chi connectivity index (χ1v) is 6.99. The van der Waals surface area contributed by atoms with Gasteiger partial charge in [-0.3, -0.25) is 14.6 Å². The Morgan fingerprint density at radius 3 is 2.55 bits per heavy atom. The lowest BCUT2D eigenvalue weighted by Gasteiger charge is -2.05. The van der Waals surface area contributed by atoms with Gasteiger partial charge in [-0.05, 0) is 31.0 Å². The molecule has 0 aromatic carbocycles. The quantitative estimate of drug-likeness (QED) is 0.906. The fourth-order valence-electron chi connectivity index (χ4n) is 2.03. The van der Waals surface area contributed by atoms with Crippen LogP contribution in [0.1, 0.15) is 38.1 Å². The molecule has 2 aromatic rings. The van der Waals surface area contributed by atoms with Crippen molar-refractivity contribution < 1.29 is 9.59 Å². The van der Waals surface area contributed by atoms with Crippen molar-refractivity contribution in [2.24, 2.45) is 5.73 Å². The predicted molar refractivity (Wildman–Crippen MR) is 79.1 cm³/mol. The van der Waals surface area contributed by atoms with Crippen molar-refractivity contribution in [2.75, 3.05) is 5.32 Å². The number of aryl methyl sites for hydroxylation is 1. The highest BCUT2D eigenvalue weighted by atomic mass is 32.1. The van der Waals surface area contributed by atoms with E-state index in [0.29, 0.717) is 22.5 Å². The molecule has 3 N–H and O–H groups in total. The third kappa shape index (κ3) is 2.70. The number of rotatable bonds is 4. The number of hydrogen-bond donors (Lipinski definition) is 2. The second-order valence-electron chi connectivity index (χ2n) is 4.25. The van der Waals surface area contributed by atoms with Crippen LogP contribution in [0.3, 0.4) is 0 Å². The number of carbonyl (C=O) groups excluding carboxylic acids is 2. The van der Waals surface area contributed by atoms with E-state index in [1.165, 1.54) is 11.3 Å². The molecule has 0 saturated carbocycles. The molecule has 2 rings (SSSR count). The largest absolute Gasteiger partial charge is 0.365 e. The van der Waals surface area contributed by atoms with Gasteiger partial charge in [0, 0.05) is 22.8 Å². The van der Waals surface area contributed by atoms with Gasteiger partial charge in [-0.15, -0.1) is 11.3 Å². The number of carbonyl (C=O) groups is 2. The first kappa shape index (κ1) is 14.2. The van der Waals surface area contributed by atoms with Crippen LogP contribution in [0, 0.1) is 6.92 Å². The number of amides is 2. The van der Waals surface area contributed by atoms with Crippen molar-refractivity contribution in [1.29, 1.82) is 0 Å². The summed E-state index contributed by atoms with van der Waals surface area (Å²) in [4.78, 5) is 28.6. The Hall–Kier alpha value is -2.21. The van der Waals surface area contributed by atoms with E-state index in [-0.39, 0.29) is 5.91 Å². The van der Waals surface area contributed by atoms with Crippen molar-refractivity contribution in [1.82, 2.24) is 4.98 Å². The molecule has 0 radical (unpaired) electrons. The number of anilines is 1. The highest BCUT2D eigenvalue weighted by molar-refractivity contribution is 7.16. The standard InChI is InChI=1S/C14H15N3O2S/c1-3-10-8(2)20-14(11(10)12(15)18)17-13(19)9-4-6-16-7-5-9/h4-7H,3H2,1-2H3,(H2,15,18)(H,17,19). The molecule has 0 saturated heterocycles. The number of nitrogens with one attached hydrogen (secondary N) is 1. The first-order valence-electron chi connectivity index (χ1n) is 6.18. The molecular formula is C14H15N3O2S. The number of nitrogens with two attached hydrogens (primary N) is 1. The molecule has 0 atom stereocenters. The minimum Gasteiger partial charge on any atom is -0.365 e. The number of aromatic nitrogens is 1. The van der Waals surface area contributed by atoms with Crippen molar-refractivity contribution in [2.45, 2.75) is 20.3 Å². The Morgan fingerprint density at radius 2 is 2.00 bits per heavy atom. The van der Waals surface area contributed by atoms with Crippen LogP contribution in [0.5, 0.6) is 0 Å². The van der Waals surface area contributed by atoms with Gasteiger partial charge in [0.25, 0.3) is 11.8 Å². The SMILES string of the molecule is CCc1c(C)sc(NC(=O)c2ccncc2)c1C(N)=O.